The number of carboxylic acid groups (broad SMARTS) is 1. The summed E-state index contributed by atoms with van der Waals surface area (Å²) in [6, 6.07) is 15.5. The summed E-state index contributed by atoms with van der Waals surface area (Å²) in [5.74, 6) is -1.26. The summed E-state index contributed by atoms with van der Waals surface area (Å²) in [5.41, 5.74) is 2.58. The Hall–Kier alpha value is -3.98. The van der Waals surface area contributed by atoms with E-state index in [0.29, 0.717) is 17.3 Å². The van der Waals surface area contributed by atoms with E-state index in [2.05, 4.69) is 40.8 Å². The van der Waals surface area contributed by atoms with Crippen molar-refractivity contribution in [3.8, 4) is 17.6 Å². The largest absolute Gasteiger partial charge is 0.493 e. The highest BCUT2D eigenvalue weighted by atomic mass is 19.4. The van der Waals surface area contributed by atoms with E-state index in [9.17, 15) is 18.0 Å². The van der Waals surface area contributed by atoms with E-state index in [1.54, 1.807) is 38.5 Å². The number of carboxylic acids is 1. The maximum Gasteiger partial charge on any atom is 0.490 e. The number of amides is 2. The van der Waals surface area contributed by atoms with Gasteiger partial charge in [-0.2, -0.15) is 18.4 Å². The number of nitriles is 1. The van der Waals surface area contributed by atoms with Gasteiger partial charge in [0.2, 0.25) is 0 Å². The fourth-order valence-electron chi connectivity index (χ4n) is 5.38. The van der Waals surface area contributed by atoms with E-state index < -0.39 is 12.1 Å². The number of methoxy groups -OCH3 is 2. The number of rotatable bonds is 5. The molecule has 2 aliphatic rings. The van der Waals surface area contributed by atoms with Crippen LogP contribution in [0.15, 0.2) is 42.5 Å². The van der Waals surface area contributed by atoms with Crippen LogP contribution < -0.4 is 20.1 Å². The number of halogens is 3. The molecule has 0 bridgehead atoms. The van der Waals surface area contributed by atoms with Crippen molar-refractivity contribution in [1.82, 2.24) is 10.2 Å². The zero-order chi connectivity index (χ0) is 28.8. The molecule has 4 rings (SSSR count). The number of alkyl halides is 3. The van der Waals surface area contributed by atoms with Gasteiger partial charge in [-0.15, -0.1) is 0 Å². The Kier molecular flexibility index (Phi) is 9.29. The molecule has 210 valence electrons. The third kappa shape index (κ3) is 6.92. The van der Waals surface area contributed by atoms with Gasteiger partial charge in [0.25, 0.3) is 0 Å². The smallest absolute Gasteiger partial charge is 0.490 e. The number of hydrogen-bond acceptors (Lipinski definition) is 6. The number of carbonyl (C=O) groups is 2. The number of aliphatic carboxylic acids is 1. The SMILES string of the molecule is COc1ccc(C23CCC(NC(=O)Nc4ccc(C#N)cc4)CC2N(C)CC3)cc1OC.O=C(O)C(F)(F)F. The van der Waals surface area contributed by atoms with Gasteiger partial charge in [-0.25, -0.2) is 9.59 Å². The molecule has 3 N–H and O–H groups in total. The molecule has 3 unspecified atom stereocenters. The molecule has 1 aliphatic carbocycles. The molecular formula is C27H31F3N4O5. The van der Waals surface area contributed by atoms with Crippen LogP contribution in [0.4, 0.5) is 23.7 Å². The van der Waals surface area contributed by atoms with Crippen LogP contribution in [-0.4, -0.2) is 68.1 Å². The number of likely N-dealkylation sites (tertiary alicyclic amines) is 1. The zero-order valence-corrected chi connectivity index (χ0v) is 21.8. The van der Waals surface area contributed by atoms with E-state index in [0.717, 1.165) is 43.7 Å². The molecule has 0 aromatic heterocycles. The van der Waals surface area contributed by atoms with E-state index in [1.165, 1.54) is 5.56 Å². The van der Waals surface area contributed by atoms with Crippen molar-refractivity contribution >= 4 is 17.7 Å². The van der Waals surface area contributed by atoms with E-state index in [4.69, 9.17) is 24.6 Å². The first kappa shape index (κ1) is 29.6. The van der Waals surface area contributed by atoms with Crippen LogP contribution in [0, 0.1) is 11.3 Å². The highest BCUT2D eigenvalue weighted by molar-refractivity contribution is 5.89. The van der Waals surface area contributed by atoms with E-state index in [1.807, 2.05) is 6.07 Å². The number of likely N-dealkylation sites (N-methyl/N-ethyl adjacent to an activating group) is 1. The van der Waals surface area contributed by atoms with Crippen molar-refractivity contribution in [2.24, 2.45) is 0 Å². The van der Waals surface area contributed by atoms with Crippen LogP contribution in [0.25, 0.3) is 0 Å². The molecule has 39 heavy (non-hydrogen) atoms. The molecule has 2 fully saturated rings. The summed E-state index contributed by atoms with van der Waals surface area (Å²) in [7, 11) is 5.50. The van der Waals surface area contributed by atoms with Gasteiger partial charge in [-0.1, -0.05) is 6.07 Å². The Morgan fingerprint density at radius 2 is 1.74 bits per heavy atom. The second kappa shape index (κ2) is 12.3. The lowest BCUT2D eigenvalue weighted by Crippen LogP contribution is -2.52. The van der Waals surface area contributed by atoms with Gasteiger partial charge >= 0.3 is 18.2 Å². The summed E-state index contributed by atoms with van der Waals surface area (Å²) in [6.45, 7) is 1.03. The molecule has 12 heteroatoms. The molecule has 1 saturated carbocycles. The predicted octanol–water partition coefficient (Wildman–Crippen LogP) is 4.52. The maximum atomic E-state index is 12.6. The van der Waals surface area contributed by atoms with Crippen LogP contribution in [-0.2, 0) is 10.2 Å². The molecule has 3 atom stereocenters. The molecule has 1 aliphatic heterocycles. The number of fused-ring (bicyclic) bond motifs is 1. The second-order valence-electron chi connectivity index (χ2n) is 9.53. The number of urea groups is 1. The van der Waals surface area contributed by atoms with Crippen LogP contribution in [0.1, 0.15) is 36.8 Å². The van der Waals surface area contributed by atoms with Gasteiger partial charge in [0.1, 0.15) is 0 Å². The Bertz CT molecular complexity index is 1220. The Balaban J connectivity index is 0.000000532. The van der Waals surface area contributed by atoms with Gasteiger partial charge in [0.15, 0.2) is 11.5 Å². The molecule has 2 amide bonds. The van der Waals surface area contributed by atoms with Gasteiger partial charge in [0.05, 0.1) is 25.9 Å². The van der Waals surface area contributed by atoms with Crippen LogP contribution >= 0.6 is 0 Å². The minimum absolute atomic E-state index is 0.0517. The van der Waals surface area contributed by atoms with Crippen molar-refractivity contribution in [2.45, 2.75) is 49.4 Å². The molecule has 1 heterocycles. The third-order valence-electron chi connectivity index (χ3n) is 7.34. The van der Waals surface area contributed by atoms with Crippen LogP contribution in [0.2, 0.25) is 0 Å². The minimum Gasteiger partial charge on any atom is -0.493 e. The highest BCUT2D eigenvalue weighted by Gasteiger charge is 2.50. The molecule has 1 saturated heterocycles. The summed E-state index contributed by atoms with van der Waals surface area (Å²) < 4.78 is 42.7. The van der Waals surface area contributed by atoms with Gasteiger partial charge < -0.3 is 30.1 Å². The molecular weight excluding hydrogens is 517 g/mol. The third-order valence-corrected chi connectivity index (χ3v) is 7.34. The summed E-state index contributed by atoms with van der Waals surface area (Å²) in [5, 5.41) is 22.1. The van der Waals surface area contributed by atoms with Crippen molar-refractivity contribution in [1.29, 1.82) is 5.26 Å². The molecule has 2 aromatic carbocycles. The fraction of sp³-hybridized carbons (Fsp3) is 0.444. The lowest BCUT2D eigenvalue weighted by molar-refractivity contribution is -0.192. The second-order valence-corrected chi connectivity index (χ2v) is 9.53. The number of nitrogens with one attached hydrogen (secondary N) is 2. The number of benzene rings is 2. The lowest BCUT2D eigenvalue weighted by atomic mass is 9.65. The number of carbonyl (C=O) groups excluding carboxylic acids is 1. The summed E-state index contributed by atoms with van der Waals surface area (Å²) in [4.78, 5) is 23.9. The van der Waals surface area contributed by atoms with Gasteiger partial charge in [0, 0.05) is 23.2 Å². The predicted molar refractivity (Wildman–Crippen MR) is 137 cm³/mol. The maximum absolute atomic E-state index is 12.6. The average molecular weight is 549 g/mol. The molecule has 0 radical (unpaired) electrons. The normalized spacial score (nSPS) is 22.4. The lowest BCUT2D eigenvalue weighted by Gasteiger charge is -2.45. The van der Waals surface area contributed by atoms with Crippen molar-refractivity contribution < 1.29 is 37.3 Å². The Morgan fingerprint density at radius 1 is 1.10 bits per heavy atom. The van der Waals surface area contributed by atoms with Crippen molar-refractivity contribution in [2.75, 3.05) is 33.1 Å². The van der Waals surface area contributed by atoms with E-state index >= 15 is 0 Å². The average Bonchev–Trinajstić information content (AvgIpc) is 3.25. The van der Waals surface area contributed by atoms with Gasteiger partial charge in [-0.05, 0) is 81.2 Å². The van der Waals surface area contributed by atoms with Crippen molar-refractivity contribution in [3.05, 3.63) is 53.6 Å². The minimum atomic E-state index is -5.08. The number of hydrogen-bond donors (Lipinski definition) is 3. The van der Waals surface area contributed by atoms with Crippen molar-refractivity contribution in [3.63, 3.8) is 0 Å². The quantitative estimate of drug-likeness (QED) is 0.502. The highest BCUT2D eigenvalue weighted by Crippen LogP contribution is 2.49. The fourth-order valence-corrected chi connectivity index (χ4v) is 5.38. The van der Waals surface area contributed by atoms with E-state index in [-0.39, 0.29) is 17.5 Å². The molecule has 9 nitrogen and oxygen atoms in total. The summed E-state index contributed by atoms with van der Waals surface area (Å²) >= 11 is 0. The number of anilines is 1. The number of ether oxygens (including phenoxy) is 2. The first-order chi connectivity index (χ1) is 18.4. The standard InChI is InChI=1S/C25H30N4O3.C2HF3O2/c1-29-13-12-25(18-6-9-21(31-2)22(14-18)32-3)11-10-20(15-23(25)29)28-24(30)27-19-7-4-17(16-26)5-8-19;3-2(4,5)1(6)7/h4-9,14,20,23H,10-13,15H2,1-3H3,(H2,27,28,30);(H,6,7). The molecule has 2 aromatic rings. The van der Waals surface area contributed by atoms with Crippen LogP contribution in [0.5, 0.6) is 11.5 Å². The van der Waals surface area contributed by atoms with Gasteiger partial charge in [-0.3, -0.25) is 0 Å². The zero-order valence-electron chi connectivity index (χ0n) is 21.8. The topological polar surface area (TPSA) is 124 Å². The number of nitrogens with zero attached hydrogens (tertiary/aromatic N) is 2. The molecule has 0 spiro atoms. The Labute approximate surface area is 224 Å². The summed E-state index contributed by atoms with van der Waals surface area (Å²) in [6.07, 6.45) is -1.18. The monoisotopic (exact) mass is 548 g/mol. The first-order valence-corrected chi connectivity index (χ1v) is 12.2. The Morgan fingerprint density at radius 3 is 2.31 bits per heavy atom. The first-order valence-electron chi connectivity index (χ1n) is 12.2. The van der Waals surface area contributed by atoms with Crippen LogP contribution in [0.3, 0.4) is 0 Å².